The van der Waals surface area contributed by atoms with E-state index in [1.165, 1.54) is 6.08 Å². The van der Waals surface area contributed by atoms with E-state index in [9.17, 15) is 14.9 Å². The highest BCUT2D eigenvalue weighted by Crippen LogP contribution is 2.38. The smallest absolute Gasteiger partial charge is 0.285 e. The first-order chi connectivity index (χ1) is 14.3. The highest BCUT2D eigenvalue weighted by molar-refractivity contribution is 5.94. The van der Waals surface area contributed by atoms with Gasteiger partial charge in [0.2, 0.25) is 5.91 Å². The van der Waals surface area contributed by atoms with Crippen molar-refractivity contribution in [1.29, 1.82) is 0 Å². The van der Waals surface area contributed by atoms with Crippen molar-refractivity contribution >= 4 is 17.7 Å². The summed E-state index contributed by atoms with van der Waals surface area (Å²) in [6, 6.07) is 14.2. The molecule has 30 heavy (non-hydrogen) atoms. The number of piperazine rings is 1. The number of nitrogens with zero attached hydrogens (tertiary/aromatic N) is 2. The summed E-state index contributed by atoms with van der Waals surface area (Å²) in [6.45, 7) is 9.50. The minimum absolute atomic E-state index is 0.0814. The highest BCUT2D eigenvalue weighted by atomic mass is 16.6. The normalized spacial score (nSPS) is 19.4. The summed E-state index contributed by atoms with van der Waals surface area (Å²) < 4.78 is 0. The van der Waals surface area contributed by atoms with E-state index in [4.69, 9.17) is 0 Å². The molecule has 2 unspecified atom stereocenters. The summed E-state index contributed by atoms with van der Waals surface area (Å²) >= 11 is 0. The van der Waals surface area contributed by atoms with Crippen LogP contribution in [0.25, 0.3) is 17.2 Å². The fourth-order valence-corrected chi connectivity index (χ4v) is 4.07. The Balaban J connectivity index is 2.02. The summed E-state index contributed by atoms with van der Waals surface area (Å²) in [7, 11) is 0. The minimum atomic E-state index is -0.411. The van der Waals surface area contributed by atoms with Gasteiger partial charge in [0.15, 0.2) is 0 Å². The number of nitro groups is 1. The molecule has 1 aliphatic rings. The first-order valence-electron chi connectivity index (χ1n) is 10.3. The minimum Gasteiger partial charge on any atom is -0.336 e. The van der Waals surface area contributed by atoms with Gasteiger partial charge in [0.25, 0.3) is 5.69 Å². The Morgan fingerprint density at radius 1 is 1.23 bits per heavy atom. The van der Waals surface area contributed by atoms with Crippen molar-refractivity contribution in [2.24, 2.45) is 0 Å². The average molecular weight is 407 g/mol. The zero-order valence-corrected chi connectivity index (χ0v) is 17.9. The van der Waals surface area contributed by atoms with Gasteiger partial charge in [-0.15, -0.1) is 0 Å². The van der Waals surface area contributed by atoms with Crippen LogP contribution in [0.3, 0.4) is 0 Å². The van der Waals surface area contributed by atoms with Gasteiger partial charge < -0.3 is 10.2 Å². The van der Waals surface area contributed by atoms with Gasteiger partial charge in [-0.25, -0.2) is 0 Å². The molecule has 6 nitrogen and oxygen atoms in total. The van der Waals surface area contributed by atoms with Crippen molar-refractivity contribution in [3.63, 3.8) is 0 Å². The average Bonchev–Trinajstić information content (AvgIpc) is 2.70. The van der Waals surface area contributed by atoms with Gasteiger partial charge in [0, 0.05) is 31.2 Å². The predicted octanol–water partition coefficient (Wildman–Crippen LogP) is 4.41. The molecule has 0 saturated carbocycles. The van der Waals surface area contributed by atoms with Crippen molar-refractivity contribution in [3.05, 3.63) is 69.8 Å². The maximum Gasteiger partial charge on any atom is 0.285 e. The molecule has 1 radical (unpaired) electrons. The number of carbonyl (C=O) groups excluding carboxylic acids is 1. The van der Waals surface area contributed by atoms with Crippen LogP contribution in [0.4, 0.5) is 5.69 Å². The zero-order valence-electron chi connectivity index (χ0n) is 17.9. The third-order valence-corrected chi connectivity index (χ3v) is 5.32. The number of hydrogen-bond acceptors (Lipinski definition) is 4. The Labute approximate surface area is 177 Å². The second-order valence-corrected chi connectivity index (χ2v) is 8.20. The molecule has 0 aliphatic carbocycles. The maximum atomic E-state index is 12.8. The fourth-order valence-electron chi connectivity index (χ4n) is 4.07. The quantitative estimate of drug-likeness (QED) is 0.453. The molecule has 1 N–H and O–H groups in total. The Morgan fingerprint density at radius 2 is 1.90 bits per heavy atom. The molecule has 0 spiro atoms. The molecule has 1 saturated heterocycles. The van der Waals surface area contributed by atoms with E-state index in [-0.39, 0.29) is 29.6 Å². The van der Waals surface area contributed by atoms with Crippen LogP contribution in [0.15, 0.2) is 42.5 Å². The summed E-state index contributed by atoms with van der Waals surface area (Å²) in [6.07, 6.45) is 3.21. The number of rotatable bonds is 5. The molecular weight excluding hydrogens is 378 g/mol. The van der Waals surface area contributed by atoms with E-state index in [1.807, 2.05) is 29.2 Å². The Bertz CT molecular complexity index is 958. The van der Waals surface area contributed by atoms with Crippen molar-refractivity contribution < 1.29 is 9.72 Å². The SMILES string of the molecule is CC1CN(C(=O)/C=C/c2cc[c]c([N+](=O)[O-])c2-c2ccccc2C(C)C)CC(C)N1. The van der Waals surface area contributed by atoms with Gasteiger partial charge >= 0.3 is 0 Å². The second kappa shape index (κ2) is 9.22. The Hall–Kier alpha value is -2.99. The van der Waals surface area contributed by atoms with Crippen LogP contribution in [0.5, 0.6) is 0 Å². The van der Waals surface area contributed by atoms with E-state index < -0.39 is 4.92 Å². The molecule has 157 valence electrons. The first kappa shape index (κ1) is 21.7. The third-order valence-electron chi connectivity index (χ3n) is 5.32. The molecule has 2 aromatic carbocycles. The standard InChI is InChI=1S/C24H28N3O3/c1-16(2)20-9-5-6-10-21(20)24-19(8-7-11-22(24)27(29)30)12-13-23(28)26-14-17(3)25-18(4)15-26/h5-10,12-13,16-18,25H,14-15H2,1-4H3/b13-12+. The number of nitro benzene ring substituents is 1. The van der Waals surface area contributed by atoms with E-state index in [1.54, 1.807) is 18.2 Å². The summed E-state index contributed by atoms with van der Waals surface area (Å²) in [4.78, 5) is 25.9. The molecule has 2 aromatic rings. The van der Waals surface area contributed by atoms with Crippen LogP contribution < -0.4 is 5.32 Å². The van der Waals surface area contributed by atoms with E-state index >= 15 is 0 Å². The van der Waals surface area contributed by atoms with Crippen LogP contribution in [0.1, 0.15) is 44.7 Å². The molecule has 1 amide bonds. The number of amides is 1. The molecule has 1 fully saturated rings. The van der Waals surface area contributed by atoms with Gasteiger partial charge in [-0.05, 0) is 48.6 Å². The van der Waals surface area contributed by atoms with Crippen molar-refractivity contribution in [1.82, 2.24) is 10.2 Å². The molecule has 0 bridgehead atoms. The summed E-state index contributed by atoms with van der Waals surface area (Å²) in [5, 5.41) is 15.2. The van der Waals surface area contributed by atoms with E-state index in [2.05, 4.69) is 39.1 Å². The van der Waals surface area contributed by atoms with Crippen molar-refractivity contribution in [2.75, 3.05) is 13.1 Å². The molecule has 3 rings (SSSR count). The summed E-state index contributed by atoms with van der Waals surface area (Å²) in [5.41, 5.74) is 2.87. The molecule has 6 heteroatoms. The van der Waals surface area contributed by atoms with Crippen molar-refractivity contribution in [2.45, 2.75) is 45.7 Å². The molecule has 1 aliphatic heterocycles. The van der Waals surface area contributed by atoms with Crippen LogP contribution in [0, 0.1) is 16.2 Å². The molecule has 0 aromatic heterocycles. The van der Waals surface area contributed by atoms with Crippen LogP contribution in [-0.4, -0.2) is 40.9 Å². The third kappa shape index (κ3) is 4.76. The molecular formula is C24H28N3O3. The topological polar surface area (TPSA) is 75.5 Å². The number of benzene rings is 2. The van der Waals surface area contributed by atoms with Gasteiger partial charge in [-0.1, -0.05) is 44.2 Å². The van der Waals surface area contributed by atoms with Crippen LogP contribution in [-0.2, 0) is 4.79 Å². The highest BCUT2D eigenvalue weighted by Gasteiger charge is 2.24. The van der Waals surface area contributed by atoms with Crippen LogP contribution in [0.2, 0.25) is 0 Å². The predicted molar refractivity (Wildman–Crippen MR) is 119 cm³/mol. The van der Waals surface area contributed by atoms with Gasteiger partial charge in [-0.2, -0.15) is 0 Å². The molecule has 1 heterocycles. The largest absolute Gasteiger partial charge is 0.336 e. The van der Waals surface area contributed by atoms with E-state index in [0.717, 1.165) is 11.1 Å². The molecule has 2 atom stereocenters. The first-order valence-corrected chi connectivity index (χ1v) is 10.3. The Morgan fingerprint density at radius 3 is 2.53 bits per heavy atom. The Kier molecular flexibility index (Phi) is 6.67. The lowest BCUT2D eigenvalue weighted by atomic mass is 9.89. The fraction of sp³-hybridized carbons (Fsp3) is 0.375. The monoisotopic (exact) mass is 406 g/mol. The van der Waals surface area contributed by atoms with Gasteiger partial charge in [0.1, 0.15) is 0 Å². The zero-order chi connectivity index (χ0) is 21.8. The van der Waals surface area contributed by atoms with Gasteiger partial charge in [0.05, 0.1) is 16.6 Å². The number of hydrogen-bond donors (Lipinski definition) is 1. The number of nitrogens with one attached hydrogen (secondary N) is 1. The lowest BCUT2D eigenvalue weighted by molar-refractivity contribution is -0.384. The lowest BCUT2D eigenvalue weighted by Crippen LogP contribution is -2.55. The second-order valence-electron chi connectivity index (χ2n) is 8.20. The van der Waals surface area contributed by atoms with E-state index in [0.29, 0.717) is 24.2 Å². The van der Waals surface area contributed by atoms with Crippen molar-refractivity contribution in [3.8, 4) is 11.1 Å². The lowest BCUT2D eigenvalue weighted by Gasteiger charge is -2.35. The summed E-state index contributed by atoms with van der Waals surface area (Å²) in [5.74, 6) is 0.108. The number of carbonyl (C=O) groups is 1. The van der Waals surface area contributed by atoms with Gasteiger partial charge in [-0.3, -0.25) is 14.9 Å². The maximum absolute atomic E-state index is 12.8. The van der Waals surface area contributed by atoms with Crippen LogP contribution >= 0.6 is 0 Å².